The number of hydrogen-bond donors (Lipinski definition) is 2. The molecule has 6 rings (SSSR count). The molecule has 0 unspecified atom stereocenters. The van der Waals surface area contributed by atoms with Gasteiger partial charge in [0.1, 0.15) is 42.0 Å². The van der Waals surface area contributed by atoms with E-state index in [1.165, 1.54) is 0 Å². The Labute approximate surface area is 292 Å². The van der Waals surface area contributed by atoms with E-state index >= 15 is 0 Å². The minimum absolute atomic E-state index is 0. The van der Waals surface area contributed by atoms with Gasteiger partial charge in [-0.15, -0.1) is 0 Å². The molecule has 53 heavy (non-hydrogen) atoms. The van der Waals surface area contributed by atoms with Gasteiger partial charge in [0.2, 0.25) is 11.9 Å². The van der Waals surface area contributed by atoms with Gasteiger partial charge in [0.25, 0.3) is 0 Å². The molecule has 6 aromatic rings. The summed E-state index contributed by atoms with van der Waals surface area (Å²) in [4.78, 5) is 14.2. The summed E-state index contributed by atoms with van der Waals surface area (Å²) in [6.45, 7) is 2.79. The second-order valence-corrected chi connectivity index (χ2v) is 11.2. The zero-order chi connectivity index (χ0) is 34.7. The largest absolute Gasteiger partial charge is 0.665 e. The number of aromatic nitrogens is 3. The van der Waals surface area contributed by atoms with Crippen LogP contribution in [0.25, 0.3) is 0 Å². The van der Waals surface area contributed by atoms with E-state index in [0.29, 0.717) is 59.2 Å². The van der Waals surface area contributed by atoms with Crippen molar-refractivity contribution in [2.75, 3.05) is 10.6 Å². The van der Waals surface area contributed by atoms with E-state index < -0.39 is 0 Å². The number of hydrogen-bond acceptors (Lipinski definition) is 10. The van der Waals surface area contributed by atoms with Crippen LogP contribution in [0.1, 0.15) is 28.1 Å². The van der Waals surface area contributed by atoms with E-state index in [2.05, 4.69) is 36.9 Å². The van der Waals surface area contributed by atoms with Gasteiger partial charge in [0, 0.05) is 18.1 Å². The Hall–Kier alpha value is -9.29. The van der Waals surface area contributed by atoms with Gasteiger partial charge in [-0.3, -0.25) is 0 Å². The van der Waals surface area contributed by atoms with Crippen LogP contribution in [0.3, 0.4) is 0 Å². The maximum atomic E-state index is 6.09. The Morgan fingerprint density at radius 1 is 0.528 bits per heavy atom. The molecule has 1 aromatic heterocycles. The topological polar surface area (TPSA) is 109 Å². The molecule has 10 nitrogen and oxygen atoms in total. The third-order valence-electron chi connectivity index (χ3n) is 7.60. The standard InChI is InChI=1S/C40H36N5O5.3Rf/c1-27-15-18-36(47-3)33(21-27)41-39-43-38(23-30-22-31(16-19-35(30)46-2)49-25-28-11-7-5-8-12-28)44-40(45-39)42-34-24-32(17-20-37(34)48-4)50-26-29-13-9-6-10-14-29;;;/h5-22,24H,2-4,23,25-26H2,1H3,(H2,41,42,43,44,45);;;/q-3;;;. The molecule has 5 aromatic carbocycles. The third-order valence-corrected chi connectivity index (χ3v) is 7.60. The Kier molecular flexibility index (Phi) is 12.8. The van der Waals surface area contributed by atoms with Crippen LogP contribution in [0, 0.1) is 28.3 Å². The predicted octanol–water partition coefficient (Wildman–Crippen LogP) is 8.93. The molecule has 13 heteroatoms. The first kappa shape index (κ1) is 38.2. The van der Waals surface area contributed by atoms with Gasteiger partial charge >= 0.3 is 0 Å². The van der Waals surface area contributed by atoms with Crippen LogP contribution >= 0.6 is 0 Å². The fraction of sp³-hybridized carbons (Fsp3) is 0.100. The first-order valence-corrected chi connectivity index (χ1v) is 15.8. The fourth-order valence-electron chi connectivity index (χ4n) is 5.12. The van der Waals surface area contributed by atoms with Gasteiger partial charge < -0.3 is 34.3 Å². The zero-order valence-corrected chi connectivity index (χ0v) is 48.9. The van der Waals surface area contributed by atoms with Crippen molar-refractivity contribution in [2.24, 2.45) is 0 Å². The van der Waals surface area contributed by atoms with E-state index in [4.69, 9.17) is 33.7 Å². The maximum Gasteiger partial charge on any atom is 0.232 e. The van der Waals surface area contributed by atoms with Gasteiger partial charge in [-0.2, -0.15) is 36.3 Å². The minimum atomic E-state index is 0. The number of ether oxygens (including phenoxy) is 5. The van der Waals surface area contributed by atoms with Crippen LogP contribution in [0.4, 0.5) is 23.3 Å². The Morgan fingerprint density at radius 3 is 1.53 bits per heavy atom. The average Bonchev–Trinajstić information content (AvgIpc) is 3.14. The van der Waals surface area contributed by atoms with Gasteiger partial charge in [-0.05, 0) is 66.1 Å². The van der Waals surface area contributed by atoms with Gasteiger partial charge in [-0.1, -0.05) is 66.7 Å². The second-order valence-electron chi connectivity index (χ2n) is 11.2. The van der Waals surface area contributed by atoms with E-state index in [1.807, 2.05) is 110 Å². The Balaban J connectivity index is 0.00000252. The van der Waals surface area contributed by atoms with Gasteiger partial charge in [0.05, 0.1) is 17.1 Å². The predicted molar refractivity (Wildman–Crippen MR) is 193 cm³/mol. The van der Waals surface area contributed by atoms with Crippen LogP contribution in [0.5, 0.6) is 28.7 Å². The van der Waals surface area contributed by atoms with E-state index in [9.17, 15) is 0 Å². The van der Waals surface area contributed by atoms with Crippen molar-refractivity contribution >= 4 is 23.3 Å². The molecular weight excluding hydrogens is 1430 g/mol. The normalized spacial score (nSPS) is 10.0. The molecule has 260 valence electrons. The monoisotopic (exact) mass is 1470 g/mol. The molecule has 0 aliphatic rings. The molecule has 0 spiro atoms. The number of nitrogens with zero attached hydrogens (tertiary/aromatic N) is 3. The van der Waals surface area contributed by atoms with Crippen LogP contribution in [-0.4, -0.2) is 15.0 Å². The maximum absolute atomic E-state index is 6.09. The summed E-state index contributed by atoms with van der Waals surface area (Å²) in [5.41, 5.74) is 5.05. The minimum Gasteiger partial charge on any atom is -0.665 e. The van der Waals surface area contributed by atoms with Crippen LogP contribution in [0.2, 0.25) is 0 Å². The number of rotatable bonds is 15. The molecule has 0 fully saturated rings. The first-order chi connectivity index (χ1) is 24.5. The molecule has 0 amide bonds. The number of aryl methyl sites for hydroxylation is 1. The molecule has 2 N–H and O–H groups in total. The molecular formula is C40H36N5O5Rf3-3. The van der Waals surface area contributed by atoms with Crippen molar-refractivity contribution in [3.8, 4) is 28.7 Å². The summed E-state index contributed by atoms with van der Waals surface area (Å²) in [5, 5.41) is 6.54. The third kappa shape index (κ3) is 9.64. The van der Waals surface area contributed by atoms with Crippen LogP contribution < -0.4 is 34.3 Å². The van der Waals surface area contributed by atoms with Crippen molar-refractivity contribution in [2.45, 2.75) is 26.6 Å². The van der Waals surface area contributed by atoms with Gasteiger partial charge in [-0.25, -0.2) is 0 Å². The molecule has 0 bridgehead atoms. The number of benzene rings is 5. The van der Waals surface area contributed by atoms with E-state index in [-0.39, 0.29) is 18.3 Å². The summed E-state index contributed by atoms with van der Waals surface area (Å²) in [7, 11) is 10.9. The average molecular weight is 1470 g/mol. The quantitative estimate of drug-likeness (QED) is 0.0969. The molecule has 0 aliphatic carbocycles. The van der Waals surface area contributed by atoms with Crippen molar-refractivity contribution in [3.05, 3.63) is 165 Å². The van der Waals surface area contributed by atoms with Crippen molar-refractivity contribution in [1.29, 1.82) is 0 Å². The van der Waals surface area contributed by atoms with Crippen molar-refractivity contribution in [3.63, 3.8) is 0 Å². The zero-order valence-electron chi connectivity index (χ0n) is 29.7. The van der Waals surface area contributed by atoms with Crippen LogP contribution in [-0.2, 0) is 19.6 Å². The molecule has 1 heterocycles. The molecule has 0 saturated heterocycles. The number of nitrogens with one attached hydrogen (secondary N) is 2. The van der Waals surface area contributed by atoms with Crippen LogP contribution in [0.15, 0.2) is 115 Å². The Bertz CT molecular complexity index is 1930. The van der Waals surface area contributed by atoms with E-state index in [0.717, 1.165) is 22.3 Å². The molecule has 0 saturated carbocycles. The van der Waals surface area contributed by atoms with Crippen molar-refractivity contribution in [1.82, 2.24) is 15.0 Å². The summed E-state index contributed by atoms with van der Waals surface area (Å²) in [6.07, 6.45) is 0.269. The summed E-state index contributed by atoms with van der Waals surface area (Å²) in [5.74, 6) is 3.78. The van der Waals surface area contributed by atoms with Crippen molar-refractivity contribution < 1.29 is 23.7 Å². The number of anilines is 4. The first-order valence-electron chi connectivity index (χ1n) is 15.8. The summed E-state index contributed by atoms with van der Waals surface area (Å²) in [6, 6.07) is 36.5. The summed E-state index contributed by atoms with van der Waals surface area (Å²) >= 11 is 0. The molecule has 0 atom stereocenters. The summed E-state index contributed by atoms with van der Waals surface area (Å²) < 4.78 is 28.4. The smallest absolute Gasteiger partial charge is 0.232 e. The Morgan fingerprint density at radius 2 is 1.00 bits per heavy atom. The second kappa shape index (κ2) is 17.7. The van der Waals surface area contributed by atoms with E-state index in [1.54, 1.807) is 12.1 Å². The SMILES string of the molecule is [CH2-]Oc1ccc(OCc2ccccc2)cc1Cc1nc(Nc2cc(C)ccc2O[CH2-])nc(Nc2cc(OCc3ccccc3)ccc2O[CH2-])n1.[Rf].[Rf].[Rf]. The molecule has 0 aliphatic heterocycles. The molecule has 0 radical (unpaired) electrons. The fourth-order valence-corrected chi connectivity index (χ4v) is 5.12. The van der Waals surface area contributed by atoms with Gasteiger partial charge in [0.15, 0.2) is 0 Å².